The number of hydrogen-bond donors (Lipinski definition) is 0. The highest BCUT2D eigenvalue weighted by molar-refractivity contribution is 5.39. The molecule has 1 saturated heterocycles. The highest BCUT2D eigenvalue weighted by Gasteiger charge is 2.44. The minimum atomic E-state index is 0.174. The molecule has 6 nitrogen and oxygen atoms in total. The first-order chi connectivity index (χ1) is 14.1. The van der Waals surface area contributed by atoms with Crippen molar-refractivity contribution in [3.8, 4) is 0 Å². The molecule has 3 aliphatic rings. The topological polar surface area (TPSA) is 58.3 Å². The second-order valence-electron chi connectivity index (χ2n) is 9.59. The van der Waals surface area contributed by atoms with Crippen molar-refractivity contribution < 1.29 is 4.52 Å². The molecule has 0 N–H and O–H groups in total. The lowest BCUT2D eigenvalue weighted by molar-refractivity contribution is 0.125. The lowest BCUT2D eigenvalue weighted by Crippen LogP contribution is -2.45. The molecule has 0 amide bonds. The summed E-state index contributed by atoms with van der Waals surface area (Å²) < 4.78 is 5.77. The average Bonchev–Trinajstić information content (AvgIpc) is 3.34. The number of aromatic nitrogens is 3. The van der Waals surface area contributed by atoms with Crippen LogP contribution >= 0.6 is 0 Å². The maximum atomic E-state index is 5.77. The van der Waals surface area contributed by atoms with Crippen LogP contribution in [0.5, 0.6) is 0 Å². The molecule has 5 rings (SSSR count). The second-order valence-corrected chi connectivity index (χ2v) is 9.59. The molecule has 1 atom stereocenters. The molecule has 0 radical (unpaired) electrons. The predicted molar refractivity (Wildman–Crippen MR) is 113 cm³/mol. The summed E-state index contributed by atoms with van der Waals surface area (Å²) in [6.07, 6.45) is 13.4. The molecular weight excluding hydrogens is 362 g/mol. The van der Waals surface area contributed by atoms with Gasteiger partial charge in [-0.25, -0.2) is 9.97 Å². The maximum absolute atomic E-state index is 5.77. The van der Waals surface area contributed by atoms with E-state index in [9.17, 15) is 0 Å². The second kappa shape index (κ2) is 7.71. The van der Waals surface area contributed by atoms with E-state index in [1.807, 2.05) is 19.0 Å². The minimum Gasteiger partial charge on any atom is -0.360 e. The molecule has 2 aromatic heterocycles. The van der Waals surface area contributed by atoms with Gasteiger partial charge >= 0.3 is 0 Å². The summed E-state index contributed by atoms with van der Waals surface area (Å²) in [5, 5.41) is 4.43. The van der Waals surface area contributed by atoms with Gasteiger partial charge in [-0.3, -0.25) is 4.90 Å². The molecule has 156 valence electrons. The van der Waals surface area contributed by atoms with E-state index in [0.29, 0.717) is 5.92 Å². The fourth-order valence-corrected chi connectivity index (χ4v) is 5.72. The van der Waals surface area contributed by atoms with Gasteiger partial charge in [0.05, 0.1) is 17.9 Å². The van der Waals surface area contributed by atoms with Crippen LogP contribution in [0.3, 0.4) is 0 Å². The molecule has 1 unspecified atom stereocenters. The predicted octanol–water partition coefficient (Wildman–Crippen LogP) is 4.06. The van der Waals surface area contributed by atoms with Gasteiger partial charge in [0.15, 0.2) is 5.76 Å². The smallest absolute Gasteiger partial charge is 0.225 e. The number of anilines is 1. The van der Waals surface area contributed by atoms with Crippen molar-refractivity contribution in [2.75, 3.05) is 32.1 Å². The Morgan fingerprint density at radius 2 is 2.03 bits per heavy atom. The first-order valence-corrected chi connectivity index (χ1v) is 11.3. The van der Waals surface area contributed by atoms with Crippen molar-refractivity contribution in [3.05, 3.63) is 35.0 Å². The van der Waals surface area contributed by atoms with E-state index in [-0.39, 0.29) is 5.41 Å². The summed E-state index contributed by atoms with van der Waals surface area (Å²) in [4.78, 5) is 14.1. The first kappa shape index (κ1) is 19.0. The molecule has 1 saturated carbocycles. The van der Waals surface area contributed by atoms with Gasteiger partial charge in [-0.15, -0.1) is 0 Å². The van der Waals surface area contributed by atoms with Gasteiger partial charge < -0.3 is 9.42 Å². The zero-order valence-electron chi connectivity index (χ0n) is 17.9. The molecule has 1 spiro atoms. The SMILES string of the molecule is CN(C)c1ncc2c(n1)C1(CCCN(Cc3cc(C4CCCCC4)no3)C1)CC2. The van der Waals surface area contributed by atoms with Crippen molar-refractivity contribution >= 4 is 5.95 Å². The van der Waals surface area contributed by atoms with Gasteiger partial charge in [-0.2, -0.15) is 0 Å². The summed E-state index contributed by atoms with van der Waals surface area (Å²) in [5.74, 6) is 2.46. The maximum Gasteiger partial charge on any atom is 0.225 e. The fourth-order valence-electron chi connectivity index (χ4n) is 5.72. The van der Waals surface area contributed by atoms with Gasteiger partial charge in [0.1, 0.15) is 0 Å². The molecule has 6 heteroatoms. The largest absolute Gasteiger partial charge is 0.360 e. The van der Waals surface area contributed by atoms with Gasteiger partial charge in [0.25, 0.3) is 0 Å². The molecule has 2 aliphatic carbocycles. The van der Waals surface area contributed by atoms with Gasteiger partial charge in [0.2, 0.25) is 5.95 Å². The van der Waals surface area contributed by atoms with Crippen molar-refractivity contribution in [3.63, 3.8) is 0 Å². The average molecular weight is 396 g/mol. The van der Waals surface area contributed by atoms with Gasteiger partial charge in [0, 0.05) is 44.2 Å². The molecule has 2 aromatic rings. The third-order valence-electron chi connectivity index (χ3n) is 7.26. The normalized spacial score (nSPS) is 25.4. The van der Waals surface area contributed by atoms with E-state index in [1.54, 1.807) is 0 Å². The van der Waals surface area contributed by atoms with Crippen molar-refractivity contribution in [1.29, 1.82) is 0 Å². The Labute approximate surface area is 173 Å². The van der Waals surface area contributed by atoms with Crippen molar-refractivity contribution in [2.45, 2.75) is 75.7 Å². The number of fused-ring (bicyclic) bond motifs is 2. The summed E-state index contributed by atoms with van der Waals surface area (Å²) in [7, 11) is 4.04. The van der Waals surface area contributed by atoms with Crippen LogP contribution in [-0.4, -0.2) is 47.2 Å². The Hall–Kier alpha value is -1.95. The fraction of sp³-hybridized carbons (Fsp3) is 0.696. The van der Waals surface area contributed by atoms with Crippen LogP contribution in [-0.2, 0) is 18.4 Å². The molecular formula is C23H33N5O. The van der Waals surface area contributed by atoms with Crippen LogP contribution < -0.4 is 4.90 Å². The van der Waals surface area contributed by atoms with E-state index in [0.717, 1.165) is 37.8 Å². The highest BCUT2D eigenvalue weighted by Crippen LogP contribution is 2.44. The van der Waals surface area contributed by atoms with Crippen LogP contribution in [0.2, 0.25) is 0 Å². The van der Waals surface area contributed by atoms with E-state index in [2.05, 4.69) is 27.3 Å². The number of nitrogens with zero attached hydrogens (tertiary/aromatic N) is 5. The molecule has 2 fully saturated rings. The summed E-state index contributed by atoms with van der Waals surface area (Å²) in [6.45, 7) is 3.05. The zero-order valence-corrected chi connectivity index (χ0v) is 17.9. The van der Waals surface area contributed by atoms with Crippen LogP contribution in [0.1, 0.15) is 80.0 Å². The summed E-state index contributed by atoms with van der Waals surface area (Å²) in [5.41, 5.74) is 3.99. The van der Waals surface area contributed by atoms with E-state index >= 15 is 0 Å². The molecule has 0 bridgehead atoms. The minimum absolute atomic E-state index is 0.174. The first-order valence-electron chi connectivity index (χ1n) is 11.3. The number of likely N-dealkylation sites (tertiary alicyclic amines) is 1. The van der Waals surface area contributed by atoms with Crippen LogP contribution in [0.4, 0.5) is 5.95 Å². The Morgan fingerprint density at radius 1 is 1.17 bits per heavy atom. The molecule has 1 aliphatic heterocycles. The Kier molecular flexibility index (Phi) is 5.06. The molecule has 3 heterocycles. The highest BCUT2D eigenvalue weighted by atomic mass is 16.5. The lowest BCUT2D eigenvalue weighted by Gasteiger charge is -2.40. The van der Waals surface area contributed by atoms with Gasteiger partial charge in [-0.1, -0.05) is 24.4 Å². The number of hydrogen-bond acceptors (Lipinski definition) is 6. The van der Waals surface area contributed by atoms with Crippen molar-refractivity contribution in [1.82, 2.24) is 20.0 Å². The summed E-state index contributed by atoms with van der Waals surface area (Å²) in [6, 6.07) is 2.23. The standard InChI is InChI=1S/C23H33N5O/c1-27(2)22-24-14-18-9-11-23(21(18)25-22)10-6-12-28(16-23)15-19-13-20(26-29-19)17-7-4-3-5-8-17/h13-14,17H,3-12,15-16H2,1-2H3. The van der Waals surface area contributed by atoms with E-state index in [1.165, 1.54) is 68.3 Å². The zero-order chi connectivity index (χ0) is 19.8. The number of piperidine rings is 1. The van der Waals surface area contributed by atoms with E-state index < -0.39 is 0 Å². The molecule has 0 aromatic carbocycles. The number of aryl methyl sites for hydroxylation is 1. The molecule has 29 heavy (non-hydrogen) atoms. The quantitative estimate of drug-likeness (QED) is 0.778. The van der Waals surface area contributed by atoms with Crippen LogP contribution in [0, 0.1) is 0 Å². The van der Waals surface area contributed by atoms with Crippen LogP contribution in [0.25, 0.3) is 0 Å². The van der Waals surface area contributed by atoms with Crippen molar-refractivity contribution in [2.24, 2.45) is 0 Å². The third-order valence-corrected chi connectivity index (χ3v) is 7.26. The Bertz CT molecular complexity index is 853. The lowest BCUT2D eigenvalue weighted by atomic mass is 9.77. The monoisotopic (exact) mass is 395 g/mol. The summed E-state index contributed by atoms with van der Waals surface area (Å²) >= 11 is 0. The Morgan fingerprint density at radius 3 is 2.86 bits per heavy atom. The Balaban J connectivity index is 1.31. The number of rotatable bonds is 4. The third kappa shape index (κ3) is 3.67. The van der Waals surface area contributed by atoms with Gasteiger partial charge in [-0.05, 0) is 50.6 Å². The van der Waals surface area contributed by atoms with E-state index in [4.69, 9.17) is 9.51 Å². The van der Waals surface area contributed by atoms with Crippen LogP contribution in [0.15, 0.2) is 16.8 Å².